The summed E-state index contributed by atoms with van der Waals surface area (Å²) in [5, 5.41) is 11.7. The van der Waals surface area contributed by atoms with Crippen LogP contribution in [0.3, 0.4) is 0 Å². The fourth-order valence-corrected chi connectivity index (χ4v) is 2.42. The number of carbonyl (C=O) groups is 3. The Hall–Kier alpha value is -1.63. The summed E-state index contributed by atoms with van der Waals surface area (Å²) in [6, 6.07) is -2.23. The summed E-state index contributed by atoms with van der Waals surface area (Å²) in [5.74, 6) is -1.73. The van der Waals surface area contributed by atoms with Gasteiger partial charge in [0.1, 0.15) is 12.1 Å². The molecule has 4 N–H and O–H groups in total. The van der Waals surface area contributed by atoms with Crippen molar-refractivity contribution >= 4 is 17.8 Å². The molecule has 0 spiro atoms. The first-order chi connectivity index (χ1) is 9.79. The summed E-state index contributed by atoms with van der Waals surface area (Å²) in [5.41, 5.74) is 5.82. The first kappa shape index (κ1) is 17.4. The number of carboxylic acids is 1. The summed E-state index contributed by atoms with van der Waals surface area (Å²) >= 11 is 0. The fraction of sp³-hybridized carbons (Fsp3) is 0.786. The number of hydrogen-bond acceptors (Lipinski definition) is 4. The molecule has 0 aromatic carbocycles. The second-order valence-electron chi connectivity index (χ2n) is 5.67. The molecule has 1 aliphatic rings. The minimum Gasteiger partial charge on any atom is -0.480 e. The van der Waals surface area contributed by atoms with E-state index in [0.717, 1.165) is 6.42 Å². The van der Waals surface area contributed by atoms with E-state index in [0.29, 0.717) is 19.4 Å². The van der Waals surface area contributed by atoms with Gasteiger partial charge in [0.25, 0.3) is 0 Å². The molecule has 0 saturated carbocycles. The lowest BCUT2D eigenvalue weighted by atomic mass is 9.99. The van der Waals surface area contributed by atoms with Crippen molar-refractivity contribution in [3.63, 3.8) is 0 Å². The maximum absolute atomic E-state index is 12.3. The molecule has 0 aromatic rings. The van der Waals surface area contributed by atoms with E-state index >= 15 is 0 Å². The molecule has 21 heavy (non-hydrogen) atoms. The minimum atomic E-state index is -1.00. The molecule has 1 aliphatic heterocycles. The molecule has 7 heteroatoms. The third kappa shape index (κ3) is 4.17. The molecule has 0 aliphatic carbocycles. The third-order valence-corrected chi connectivity index (χ3v) is 4.11. The first-order valence-electron chi connectivity index (χ1n) is 7.38. The van der Waals surface area contributed by atoms with Gasteiger partial charge in [0.2, 0.25) is 11.8 Å². The number of amides is 2. The van der Waals surface area contributed by atoms with E-state index < -0.39 is 24.1 Å². The van der Waals surface area contributed by atoms with E-state index in [2.05, 4.69) is 5.32 Å². The van der Waals surface area contributed by atoms with Gasteiger partial charge in [0, 0.05) is 6.54 Å². The van der Waals surface area contributed by atoms with Crippen LogP contribution < -0.4 is 11.1 Å². The van der Waals surface area contributed by atoms with Crippen molar-refractivity contribution in [1.29, 1.82) is 0 Å². The molecule has 120 valence electrons. The molecule has 7 nitrogen and oxygen atoms in total. The topological polar surface area (TPSA) is 113 Å². The van der Waals surface area contributed by atoms with E-state index in [9.17, 15) is 14.4 Å². The van der Waals surface area contributed by atoms with Crippen molar-refractivity contribution in [3.8, 4) is 0 Å². The lowest BCUT2D eigenvalue weighted by molar-refractivity contribution is -0.149. The fourth-order valence-electron chi connectivity index (χ4n) is 2.42. The van der Waals surface area contributed by atoms with Crippen LogP contribution in [0, 0.1) is 5.92 Å². The van der Waals surface area contributed by atoms with Crippen LogP contribution in [0.25, 0.3) is 0 Å². The number of nitrogens with zero attached hydrogens (tertiary/aromatic N) is 1. The highest BCUT2D eigenvalue weighted by atomic mass is 16.4. The van der Waals surface area contributed by atoms with Gasteiger partial charge >= 0.3 is 5.97 Å². The second-order valence-corrected chi connectivity index (χ2v) is 5.67. The molecule has 4 unspecified atom stereocenters. The highest BCUT2D eigenvalue weighted by Crippen LogP contribution is 2.18. The third-order valence-electron chi connectivity index (χ3n) is 4.11. The molecule has 2 amide bonds. The van der Waals surface area contributed by atoms with Crippen LogP contribution in [0.4, 0.5) is 0 Å². The Morgan fingerprint density at radius 1 is 1.38 bits per heavy atom. The highest BCUT2D eigenvalue weighted by Gasteiger charge is 2.36. The molecule has 1 saturated heterocycles. The van der Waals surface area contributed by atoms with Gasteiger partial charge in [-0.1, -0.05) is 20.3 Å². The van der Waals surface area contributed by atoms with E-state index in [1.54, 1.807) is 6.92 Å². The number of aliphatic carboxylic acids is 1. The van der Waals surface area contributed by atoms with Gasteiger partial charge < -0.3 is 21.1 Å². The number of hydrogen-bond donors (Lipinski definition) is 3. The predicted octanol–water partition coefficient (Wildman–Crippen LogP) is -0.0599. The predicted molar refractivity (Wildman–Crippen MR) is 77.4 cm³/mol. The number of carboxylic acid groups (broad SMARTS) is 1. The molecule has 4 atom stereocenters. The summed E-state index contributed by atoms with van der Waals surface area (Å²) in [4.78, 5) is 36.6. The van der Waals surface area contributed by atoms with Crippen molar-refractivity contribution < 1.29 is 19.5 Å². The SMILES string of the molecule is CCC(C)C(N)C(=O)NC(C)C(=O)N1CCCC1C(=O)O. The lowest BCUT2D eigenvalue weighted by Gasteiger charge is -2.26. The van der Waals surface area contributed by atoms with Crippen LogP contribution in [0.5, 0.6) is 0 Å². The molecule has 1 fully saturated rings. The average Bonchev–Trinajstić information content (AvgIpc) is 2.93. The summed E-state index contributed by atoms with van der Waals surface area (Å²) < 4.78 is 0. The van der Waals surface area contributed by atoms with Gasteiger partial charge in [0.05, 0.1) is 6.04 Å². The van der Waals surface area contributed by atoms with Crippen LogP contribution >= 0.6 is 0 Å². The quantitative estimate of drug-likeness (QED) is 0.636. The Morgan fingerprint density at radius 3 is 2.52 bits per heavy atom. The van der Waals surface area contributed by atoms with Crippen LogP contribution in [0.2, 0.25) is 0 Å². The molecule has 1 rings (SSSR count). The molecule has 1 heterocycles. The van der Waals surface area contributed by atoms with E-state index in [1.807, 2.05) is 13.8 Å². The van der Waals surface area contributed by atoms with Crippen LogP contribution in [0.1, 0.15) is 40.0 Å². The Kier molecular flexibility index (Phi) is 6.14. The summed E-state index contributed by atoms with van der Waals surface area (Å²) in [6.45, 7) is 5.78. The van der Waals surface area contributed by atoms with Gasteiger partial charge in [-0.15, -0.1) is 0 Å². The summed E-state index contributed by atoms with van der Waals surface area (Å²) in [6.07, 6.45) is 1.88. The van der Waals surface area contributed by atoms with Crippen LogP contribution in [-0.2, 0) is 14.4 Å². The van der Waals surface area contributed by atoms with Crippen LogP contribution in [0.15, 0.2) is 0 Å². The Balaban J connectivity index is 2.62. The standard InChI is InChI=1S/C14H25N3O4/c1-4-8(2)11(15)12(18)16-9(3)13(19)17-7-5-6-10(17)14(20)21/h8-11H,4-7,15H2,1-3H3,(H,16,18)(H,20,21). The van der Waals surface area contributed by atoms with Gasteiger partial charge in [-0.3, -0.25) is 9.59 Å². The van der Waals surface area contributed by atoms with Crippen molar-refractivity contribution in [2.75, 3.05) is 6.54 Å². The molecule has 0 radical (unpaired) electrons. The number of carbonyl (C=O) groups excluding carboxylic acids is 2. The smallest absolute Gasteiger partial charge is 0.326 e. The molecule has 0 aromatic heterocycles. The van der Waals surface area contributed by atoms with E-state index in [1.165, 1.54) is 4.90 Å². The van der Waals surface area contributed by atoms with Gasteiger partial charge in [0.15, 0.2) is 0 Å². The average molecular weight is 299 g/mol. The normalized spacial score (nSPS) is 22.5. The largest absolute Gasteiger partial charge is 0.480 e. The monoisotopic (exact) mass is 299 g/mol. The molecular weight excluding hydrogens is 274 g/mol. The number of likely N-dealkylation sites (tertiary alicyclic amines) is 1. The summed E-state index contributed by atoms with van der Waals surface area (Å²) in [7, 11) is 0. The Labute approximate surface area is 124 Å². The zero-order valence-electron chi connectivity index (χ0n) is 12.8. The lowest BCUT2D eigenvalue weighted by Crippen LogP contribution is -2.54. The maximum atomic E-state index is 12.3. The number of rotatable bonds is 6. The van der Waals surface area contributed by atoms with Gasteiger partial charge in [-0.25, -0.2) is 4.79 Å². The number of nitrogens with two attached hydrogens (primary N) is 1. The zero-order chi connectivity index (χ0) is 16.2. The van der Waals surface area contributed by atoms with E-state index in [4.69, 9.17) is 10.8 Å². The highest BCUT2D eigenvalue weighted by molar-refractivity contribution is 5.91. The minimum absolute atomic E-state index is 0.0193. The first-order valence-corrected chi connectivity index (χ1v) is 7.38. The van der Waals surface area contributed by atoms with Crippen molar-refractivity contribution in [1.82, 2.24) is 10.2 Å². The zero-order valence-corrected chi connectivity index (χ0v) is 12.8. The molecular formula is C14H25N3O4. The Morgan fingerprint density at radius 2 is 2.00 bits per heavy atom. The van der Waals surface area contributed by atoms with E-state index in [-0.39, 0.29) is 17.7 Å². The van der Waals surface area contributed by atoms with Crippen molar-refractivity contribution in [3.05, 3.63) is 0 Å². The van der Waals surface area contributed by atoms with Gasteiger partial charge in [-0.2, -0.15) is 0 Å². The Bertz CT molecular complexity index is 413. The number of nitrogens with one attached hydrogen (secondary N) is 1. The van der Waals surface area contributed by atoms with Crippen molar-refractivity contribution in [2.45, 2.75) is 58.2 Å². The van der Waals surface area contributed by atoms with Gasteiger partial charge in [-0.05, 0) is 25.7 Å². The van der Waals surface area contributed by atoms with Crippen molar-refractivity contribution in [2.24, 2.45) is 11.7 Å². The van der Waals surface area contributed by atoms with Crippen LogP contribution in [-0.4, -0.2) is 52.5 Å². The maximum Gasteiger partial charge on any atom is 0.326 e. The molecule has 0 bridgehead atoms. The second kappa shape index (κ2) is 7.40.